The van der Waals surface area contributed by atoms with Crippen molar-refractivity contribution in [3.05, 3.63) is 70.3 Å². The molecule has 0 unspecified atom stereocenters. The third-order valence-electron chi connectivity index (χ3n) is 3.81. The first kappa shape index (κ1) is 18.4. The van der Waals surface area contributed by atoms with E-state index in [4.69, 9.17) is 23.2 Å². The largest absolute Gasteiger partial charge is 0.338 e. The molecule has 5 nitrogen and oxygen atoms in total. The highest BCUT2D eigenvalue weighted by Crippen LogP contribution is 2.28. The molecule has 3 aromatic rings. The Morgan fingerprint density at radius 3 is 2.58 bits per heavy atom. The highest BCUT2D eigenvalue weighted by atomic mass is 35.5. The van der Waals surface area contributed by atoms with Crippen LogP contribution in [0, 0.1) is 0 Å². The topological polar surface area (TPSA) is 53.9 Å². The molecule has 1 N–H and O–H groups in total. The van der Waals surface area contributed by atoms with E-state index in [0.29, 0.717) is 34.0 Å². The second-order valence-corrected chi connectivity index (χ2v) is 6.94. The van der Waals surface area contributed by atoms with Gasteiger partial charge in [0.25, 0.3) is 0 Å². The number of rotatable bonds is 6. The maximum atomic E-state index is 6.21. The highest BCUT2D eigenvalue weighted by Gasteiger charge is 2.15. The van der Waals surface area contributed by atoms with Crippen molar-refractivity contribution in [2.24, 2.45) is 0 Å². The van der Waals surface area contributed by atoms with Crippen molar-refractivity contribution in [1.82, 2.24) is 15.2 Å². The Hall–Kier alpha value is -2.37. The molecule has 0 saturated heterocycles. The summed E-state index contributed by atoms with van der Waals surface area (Å²) < 4.78 is 0. The molecule has 0 saturated carbocycles. The van der Waals surface area contributed by atoms with E-state index < -0.39 is 0 Å². The van der Waals surface area contributed by atoms with E-state index in [2.05, 4.69) is 51.4 Å². The zero-order chi connectivity index (χ0) is 18.5. The van der Waals surface area contributed by atoms with E-state index in [0.717, 1.165) is 0 Å². The van der Waals surface area contributed by atoms with E-state index in [9.17, 15) is 0 Å². The summed E-state index contributed by atoms with van der Waals surface area (Å²) in [6.45, 7) is 4.89. The van der Waals surface area contributed by atoms with Crippen LogP contribution >= 0.6 is 23.2 Å². The summed E-state index contributed by atoms with van der Waals surface area (Å²) in [7, 11) is 0. The van der Waals surface area contributed by atoms with Crippen LogP contribution in [0.1, 0.15) is 19.4 Å². The van der Waals surface area contributed by atoms with Crippen molar-refractivity contribution in [3.8, 4) is 0 Å². The van der Waals surface area contributed by atoms with Crippen molar-refractivity contribution < 1.29 is 0 Å². The summed E-state index contributed by atoms with van der Waals surface area (Å²) in [6, 6.07) is 15.6. The summed E-state index contributed by atoms with van der Waals surface area (Å²) in [4.78, 5) is 6.69. The van der Waals surface area contributed by atoms with Crippen LogP contribution in [0.4, 0.5) is 17.5 Å². The molecule has 7 heteroatoms. The van der Waals surface area contributed by atoms with Gasteiger partial charge in [0.1, 0.15) is 0 Å². The molecule has 0 aliphatic heterocycles. The first-order valence-electron chi connectivity index (χ1n) is 8.25. The normalized spacial score (nSPS) is 10.8. The second-order valence-electron chi connectivity index (χ2n) is 6.10. The van der Waals surface area contributed by atoms with E-state index in [1.807, 2.05) is 18.2 Å². The van der Waals surface area contributed by atoms with Gasteiger partial charge in [-0.05, 0) is 37.6 Å². The Balaban J connectivity index is 1.85. The van der Waals surface area contributed by atoms with E-state index in [-0.39, 0.29) is 6.04 Å². The third-order valence-corrected chi connectivity index (χ3v) is 4.38. The molecule has 134 valence electrons. The van der Waals surface area contributed by atoms with Crippen molar-refractivity contribution >= 4 is 40.7 Å². The third kappa shape index (κ3) is 4.62. The average Bonchev–Trinajstić information content (AvgIpc) is 2.63. The van der Waals surface area contributed by atoms with Crippen LogP contribution in [0.5, 0.6) is 0 Å². The molecule has 0 atom stereocenters. The molecule has 0 amide bonds. The first-order chi connectivity index (χ1) is 12.5. The van der Waals surface area contributed by atoms with Crippen LogP contribution in [0.2, 0.25) is 10.0 Å². The van der Waals surface area contributed by atoms with Gasteiger partial charge in [0.15, 0.2) is 5.82 Å². The predicted octanol–water partition coefficient (Wildman–Crippen LogP) is 5.34. The molecule has 0 spiro atoms. The lowest BCUT2D eigenvalue weighted by Crippen LogP contribution is -2.32. The molecule has 0 aliphatic carbocycles. The molecule has 1 aromatic heterocycles. The molecule has 0 aliphatic rings. The molecule has 0 fully saturated rings. The average molecular weight is 388 g/mol. The lowest BCUT2D eigenvalue weighted by atomic mass is 10.2. The standard InChI is InChI=1S/C19H19Cl2N5/c1-13(2)26(12-14-6-4-3-5-7-14)19-24-18(11-22-25-19)23-17-10-15(20)8-9-16(17)21/h3-11,13H,12H2,1-2H3,(H,23,24,25). The Morgan fingerprint density at radius 2 is 1.85 bits per heavy atom. The minimum atomic E-state index is 0.210. The SMILES string of the molecule is CC(C)N(Cc1ccccc1)c1nncc(Nc2cc(Cl)ccc2Cl)n1. The van der Waals surface area contributed by atoms with Crippen molar-refractivity contribution in [3.63, 3.8) is 0 Å². The van der Waals surface area contributed by atoms with Gasteiger partial charge in [-0.1, -0.05) is 53.5 Å². The smallest absolute Gasteiger partial charge is 0.247 e. The van der Waals surface area contributed by atoms with Gasteiger partial charge in [0.05, 0.1) is 16.9 Å². The van der Waals surface area contributed by atoms with Crippen molar-refractivity contribution in [1.29, 1.82) is 0 Å². The van der Waals surface area contributed by atoms with Gasteiger partial charge < -0.3 is 10.2 Å². The van der Waals surface area contributed by atoms with Crippen LogP contribution in [0.15, 0.2) is 54.7 Å². The van der Waals surface area contributed by atoms with Crippen molar-refractivity contribution in [2.75, 3.05) is 10.2 Å². The van der Waals surface area contributed by atoms with Crippen LogP contribution in [-0.4, -0.2) is 21.2 Å². The van der Waals surface area contributed by atoms with Gasteiger partial charge in [0.2, 0.25) is 5.95 Å². The minimum absolute atomic E-state index is 0.210. The second kappa shape index (κ2) is 8.34. The van der Waals surface area contributed by atoms with E-state index in [1.54, 1.807) is 24.4 Å². The number of aromatic nitrogens is 3. The predicted molar refractivity (Wildman–Crippen MR) is 107 cm³/mol. The van der Waals surface area contributed by atoms with Gasteiger partial charge in [-0.3, -0.25) is 0 Å². The minimum Gasteiger partial charge on any atom is -0.338 e. The molecule has 0 radical (unpaired) electrons. The zero-order valence-corrected chi connectivity index (χ0v) is 16.0. The van der Waals surface area contributed by atoms with Crippen LogP contribution in [0.3, 0.4) is 0 Å². The Bertz CT molecular complexity index is 871. The first-order valence-corrected chi connectivity index (χ1v) is 9.01. The summed E-state index contributed by atoms with van der Waals surface area (Å²) in [5, 5.41) is 12.6. The lowest BCUT2D eigenvalue weighted by molar-refractivity contribution is 0.653. The lowest BCUT2D eigenvalue weighted by Gasteiger charge is -2.26. The Labute approximate surface area is 163 Å². The van der Waals surface area contributed by atoms with Gasteiger partial charge in [-0.15, -0.1) is 5.10 Å². The highest BCUT2D eigenvalue weighted by molar-refractivity contribution is 6.35. The molecule has 0 bridgehead atoms. The number of hydrogen-bond acceptors (Lipinski definition) is 5. The molecular weight excluding hydrogens is 369 g/mol. The Morgan fingerprint density at radius 1 is 1.08 bits per heavy atom. The summed E-state index contributed by atoms with van der Waals surface area (Å²) >= 11 is 12.3. The van der Waals surface area contributed by atoms with Gasteiger partial charge in [-0.2, -0.15) is 10.1 Å². The summed E-state index contributed by atoms with van der Waals surface area (Å²) in [5.41, 5.74) is 1.85. The molecular formula is C19H19Cl2N5. The fourth-order valence-electron chi connectivity index (χ4n) is 2.47. The monoisotopic (exact) mass is 387 g/mol. The fraction of sp³-hybridized carbons (Fsp3) is 0.211. The molecule has 26 heavy (non-hydrogen) atoms. The number of hydrogen-bond donors (Lipinski definition) is 1. The fourth-order valence-corrected chi connectivity index (χ4v) is 2.81. The zero-order valence-electron chi connectivity index (χ0n) is 14.5. The number of nitrogens with zero attached hydrogens (tertiary/aromatic N) is 4. The van der Waals surface area contributed by atoms with Crippen LogP contribution in [-0.2, 0) is 6.54 Å². The van der Waals surface area contributed by atoms with Crippen molar-refractivity contribution in [2.45, 2.75) is 26.4 Å². The molecule has 2 aromatic carbocycles. The van der Waals surface area contributed by atoms with Gasteiger partial charge in [-0.25, -0.2) is 0 Å². The number of benzene rings is 2. The van der Waals surface area contributed by atoms with Crippen LogP contribution < -0.4 is 10.2 Å². The number of anilines is 3. The van der Waals surface area contributed by atoms with E-state index >= 15 is 0 Å². The summed E-state index contributed by atoms with van der Waals surface area (Å²) in [6.07, 6.45) is 1.56. The summed E-state index contributed by atoms with van der Waals surface area (Å²) in [5.74, 6) is 1.10. The maximum absolute atomic E-state index is 6.21. The number of halogens is 2. The van der Waals surface area contributed by atoms with Gasteiger partial charge in [0, 0.05) is 17.6 Å². The Kier molecular flexibility index (Phi) is 5.91. The van der Waals surface area contributed by atoms with Crippen LogP contribution in [0.25, 0.3) is 0 Å². The van der Waals surface area contributed by atoms with E-state index in [1.165, 1.54) is 5.56 Å². The van der Waals surface area contributed by atoms with Gasteiger partial charge >= 0.3 is 0 Å². The number of nitrogens with one attached hydrogen (secondary N) is 1. The quantitative estimate of drug-likeness (QED) is 0.618. The maximum Gasteiger partial charge on any atom is 0.247 e. The molecule has 3 rings (SSSR count). The molecule has 1 heterocycles.